The third-order valence-corrected chi connectivity index (χ3v) is 4.70. The van der Waals surface area contributed by atoms with Crippen LogP contribution in [0.25, 0.3) is 0 Å². The number of hydrogen-bond acceptors (Lipinski definition) is 2. The van der Waals surface area contributed by atoms with Crippen LogP contribution in [0.15, 0.2) is 24.3 Å². The fourth-order valence-corrected chi connectivity index (χ4v) is 3.23. The molecule has 1 amide bonds. The van der Waals surface area contributed by atoms with E-state index in [4.69, 9.17) is 0 Å². The van der Waals surface area contributed by atoms with E-state index in [-0.39, 0.29) is 11.8 Å². The summed E-state index contributed by atoms with van der Waals surface area (Å²) in [6.45, 7) is 2.12. The standard InChI is InChI=1S/C16H22N2O/c1-10(17-2)11-4-3-5-15(9-11)18-16(19)14-7-12-6-13(12)8-14/h3-5,9-10,12-14,17H,6-8H2,1-2H3,(H,18,19). The SMILES string of the molecule is CNC(C)c1cccc(NC(=O)C2CC3CC3C2)c1. The molecule has 2 saturated carbocycles. The van der Waals surface area contributed by atoms with Crippen LogP contribution < -0.4 is 10.6 Å². The Labute approximate surface area is 114 Å². The lowest BCUT2D eigenvalue weighted by Gasteiger charge is -2.15. The Kier molecular flexibility index (Phi) is 3.31. The molecule has 3 unspecified atom stereocenters. The monoisotopic (exact) mass is 258 g/mol. The summed E-state index contributed by atoms with van der Waals surface area (Å²) in [6.07, 6.45) is 3.56. The lowest BCUT2D eigenvalue weighted by molar-refractivity contribution is -0.120. The minimum absolute atomic E-state index is 0.210. The van der Waals surface area contributed by atoms with E-state index in [1.165, 1.54) is 12.0 Å². The van der Waals surface area contributed by atoms with E-state index >= 15 is 0 Å². The van der Waals surface area contributed by atoms with Crippen LogP contribution in [0.3, 0.4) is 0 Å². The second kappa shape index (κ2) is 4.97. The summed E-state index contributed by atoms with van der Waals surface area (Å²) in [7, 11) is 1.95. The van der Waals surface area contributed by atoms with E-state index in [0.29, 0.717) is 6.04 Å². The van der Waals surface area contributed by atoms with Gasteiger partial charge in [0.1, 0.15) is 0 Å². The molecule has 0 radical (unpaired) electrons. The maximum absolute atomic E-state index is 12.2. The summed E-state index contributed by atoms with van der Waals surface area (Å²) in [5, 5.41) is 6.29. The van der Waals surface area contributed by atoms with Crippen molar-refractivity contribution in [2.45, 2.75) is 32.2 Å². The van der Waals surface area contributed by atoms with E-state index < -0.39 is 0 Å². The molecule has 0 spiro atoms. The predicted molar refractivity (Wildman–Crippen MR) is 76.9 cm³/mol. The van der Waals surface area contributed by atoms with Gasteiger partial charge in [-0.1, -0.05) is 12.1 Å². The fourth-order valence-electron chi connectivity index (χ4n) is 3.23. The van der Waals surface area contributed by atoms with Crippen molar-refractivity contribution >= 4 is 11.6 Å². The Bertz CT molecular complexity index is 475. The number of carbonyl (C=O) groups is 1. The van der Waals surface area contributed by atoms with Gasteiger partial charge in [-0.25, -0.2) is 0 Å². The van der Waals surface area contributed by atoms with Crippen LogP contribution in [0.5, 0.6) is 0 Å². The van der Waals surface area contributed by atoms with Gasteiger partial charge in [0, 0.05) is 17.6 Å². The molecule has 2 fully saturated rings. The molecule has 2 aliphatic rings. The summed E-state index contributed by atoms with van der Waals surface area (Å²) in [5.74, 6) is 2.16. The predicted octanol–water partition coefficient (Wildman–Crippen LogP) is 2.95. The molecule has 2 N–H and O–H groups in total. The molecule has 3 nitrogen and oxygen atoms in total. The van der Waals surface area contributed by atoms with E-state index in [1.807, 2.05) is 19.2 Å². The quantitative estimate of drug-likeness (QED) is 0.871. The second-order valence-corrected chi connectivity index (χ2v) is 6.05. The molecule has 0 aliphatic heterocycles. The Morgan fingerprint density at radius 2 is 2.00 bits per heavy atom. The molecule has 0 saturated heterocycles. The van der Waals surface area contributed by atoms with Gasteiger partial charge in [-0.15, -0.1) is 0 Å². The molecule has 1 aromatic rings. The van der Waals surface area contributed by atoms with Crippen molar-refractivity contribution in [2.75, 3.05) is 12.4 Å². The number of nitrogens with one attached hydrogen (secondary N) is 2. The van der Waals surface area contributed by atoms with Gasteiger partial charge in [-0.3, -0.25) is 4.79 Å². The lowest BCUT2D eigenvalue weighted by atomic mass is 10.0. The van der Waals surface area contributed by atoms with E-state index in [0.717, 1.165) is 30.4 Å². The van der Waals surface area contributed by atoms with Crippen molar-refractivity contribution < 1.29 is 4.79 Å². The van der Waals surface area contributed by atoms with Gasteiger partial charge in [0.25, 0.3) is 0 Å². The number of hydrogen-bond donors (Lipinski definition) is 2. The zero-order valence-corrected chi connectivity index (χ0v) is 11.6. The average molecular weight is 258 g/mol. The van der Waals surface area contributed by atoms with Crippen molar-refractivity contribution in [3.63, 3.8) is 0 Å². The van der Waals surface area contributed by atoms with Crippen LogP contribution in [-0.4, -0.2) is 13.0 Å². The second-order valence-electron chi connectivity index (χ2n) is 6.05. The van der Waals surface area contributed by atoms with Gasteiger partial charge >= 0.3 is 0 Å². The number of benzene rings is 1. The van der Waals surface area contributed by atoms with Gasteiger partial charge in [-0.05, 0) is 62.8 Å². The van der Waals surface area contributed by atoms with Crippen LogP contribution in [0.2, 0.25) is 0 Å². The Morgan fingerprint density at radius 1 is 1.26 bits per heavy atom. The maximum atomic E-state index is 12.2. The smallest absolute Gasteiger partial charge is 0.227 e. The normalized spacial score (nSPS) is 29.7. The molecular weight excluding hydrogens is 236 g/mol. The Balaban J connectivity index is 1.64. The maximum Gasteiger partial charge on any atom is 0.227 e. The van der Waals surface area contributed by atoms with Gasteiger partial charge in [0.2, 0.25) is 5.91 Å². The third kappa shape index (κ3) is 2.66. The van der Waals surface area contributed by atoms with Crippen molar-refractivity contribution in [1.29, 1.82) is 0 Å². The van der Waals surface area contributed by atoms with Gasteiger partial charge < -0.3 is 10.6 Å². The van der Waals surface area contributed by atoms with E-state index in [1.54, 1.807) is 0 Å². The van der Waals surface area contributed by atoms with Crippen molar-refractivity contribution in [3.8, 4) is 0 Å². The first kappa shape index (κ1) is 12.7. The van der Waals surface area contributed by atoms with Crippen LogP contribution in [0.4, 0.5) is 5.69 Å². The van der Waals surface area contributed by atoms with Gasteiger partial charge in [0.15, 0.2) is 0 Å². The summed E-state index contributed by atoms with van der Waals surface area (Å²) in [5.41, 5.74) is 2.12. The molecule has 3 heteroatoms. The van der Waals surface area contributed by atoms with Crippen LogP contribution in [0, 0.1) is 17.8 Å². The number of rotatable bonds is 4. The molecule has 1 aromatic carbocycles. The first-order chi connectivity index (χ1) is 9.17. The molecule has 0 aromatic heterocycles. The first-order valence-corrected chi connectivity index (χ1v) is 7.25. The number of anilines is 1. The van der Waals surface area contributed by atoms with Gasteiger partial charge in [-0.2, -0.15) is 0 Å². The van der Waals surface area contributed by atoms with Crippen LogP contribution in [0.1, 0.15) is 37.8 Å². The van der Waals surface area contributed by atoms with Crippen molar-refractivity contribution in [3.05, 3.63) is 29.8 Å². The average Bonchev–Trinajstić information content (AvgIpc) is 3.04. The minimum Gasteiger partial charge on any atom is -0.326 e. The lowest BCUT2D eigenvalue weighted by Crippen LogP contribution is -2.22. The minimum atomic E-state index is 0.210. The highest BCUT2D eigenvalue weighted by Crippen LogP contribution is 2.54. The summed E-state index contributed by atoms with van der Waals surface area (Å²) in [6, 6.07) is 8.43. The molecule has 0 bridgehead atoms. The van der Waals surface area contributed by atoms with Crippen molar-refractivity contribution in [1.82, 2.24) is 5.32 Å². The highest BCUT2D eigenvalue weighted by molar-refractivity contribution is 5.93. The Morgan fingerprint density at radius 3 is 2.68 bits per heavy atom. The third-order valence-electron chi connectivity index (χ3n) is 4.70. The molecular formula is C16H22N2O. The fraction of sp³-hybridized carbons (Fsp3) is 0.562. The summed E-state index contributed by atoms with van der Waals surface area (Å²) in [4.78, 5) is 12.2. The zero-order chi connectivity index (χ0) is 13.4. The number of amides is 1. The molecule has 3 rings (SSSR count). The van der Waals surface area contributed by atoms with Gasteiger partial charge in [0.05, 0.1) is 0 Å². The van der Waals surface area contributed by atoms with E-state index in [9.17, 15) is 4.79 Å². The molecule has 102 valence electrons. The van der Waals surface area contributed by atoms with E-state index in [2.05, 4.69) is 29.7 Å². The zero-order valence-electron chi connectivity index (χ0n) is 11.6. The molecule has 3 atom stereocenters. The highest BCUT2D eigenvalue weighted by atomic mass is 16.1. The van der Waals surface area contributed by atoms with Crippen LogP contribution >= 0.6 is 0 Å². The molecule has 19 heavy (non-hydrogen) atoms. The summed E-state index contributed by atoms with van der Waals surface area (Å²) >= 11 is 0. The summed E-state index contributed by atoms with van der Waals surface area (Å²) < 4.78 is 0. The molecule has 0 heterocycles. The highest BCUT2D eigenvalue weighted by Gasteiger charge is 2.47. The number of fused-ring (bicyclic) bond motifs is 1. The molecule has 2 aliphatic carbocycles. The topological polar surface area (TPSA) is 41.1 Å². The largest absolute Gasteiger partial charge is 0.326 e. The first-order valence-electron chi connectivity index (χ1n) is 7.25. The van der Waals surface area contributed by atoms with Crippen LogP contribution in [-0.2, 0) is 4.79 Å². The Hall–Kier alpha value is -1.35. The number of carbonyl (C=O) groups excluding carboxylic acids is 1. The van der Waals surface area contributed by atoms with Crippen molar-refractivity contribution in [2.24, 2.45) is 17.8 Å².